The van der Waals surface area contributed by atoms with Gasteiger partial charge in [-0.3, -0.25) is 9.59 Å². The number of benzene rings is 1. The SMILES string of the molecule is CCC(C)(C)N(C(=O)CNC(=O)OC(C)(C)C)C(C(=O)NC(C)C)c1ccc(C)cc1C. The van der Waals surface area contributed by atoms with Crippen LogP contribution < -0.4 is 10.6 Å². The van der Waals surface area contributed by atoms with Crippen LogP contribution in [0.5, 0.6) is 0 Å². The standard InChI is InChI=1S/C25H41N3O4/c1-11-25(9,10)28(20(29)15-26-23(31)32-24(6,7)8)21(22(30)27-16(2)3)19-13-12-17(4)14-18(19)5/h12-14,16,21H,11,15H2,1-10H3,(H,26,31)(H,27,30). The largest absolute Gasteiger partial charge is 0.444 e. The smallest absolute Gasteiger partial charge is 0.408 e. The van der Waals surface area contributed by atoms with Gasteiger partial charge < -0.3 is 20.3 Å². The van der Waals surface area contributed by atoms with Crippen molar-refractivity contribution < 1.29 is 19.1 Å². The molecule has 7 heteroatoms. The Balaban J connectivity index is 3.41. The van der Waals surface area contributed by atoms with Crippen LogP contribution in [-0.2, 0) is 14.3 Å². The number of ether oxygens (including phenoxy) is 1. The molecule has 0 bridgehead atoms. The molecule has 3 amide bonds. The summed E-state index contributed by atoms with van der Waals surface area (Å²) in [5.74, 6) is -0.606. The number of nitrogens with zero attached hydrogens (tertiary/aromatic N) is 1. The van der Waals surface area contributed by atoms with E-state index in [-0.39, 0.29) is 24.4 Å². The summed E-state index contributed by atoms with van der Waals surface area (Å²) in [6.45, 7) is 18.5. The number of carbonyl (C=O) groups excluding carboxylic acids is 3. The molecule has 1 rings (SSSR count). The topological polar surface area (TPSA) is 87.7 Å². The first-order valence-electron chi connectivity index (χ1n) is 11.3. The molecule has 0 aliphatic rings. The van der Waals surface area contributed by atoms with Crippen LogP contribution in [0.3, 0.4) is 0 Å². The summed E-state index contributed by atoms with van der Waals surface area (Å²) in [5, 5.41) is 5.51. The second kappa shape index (κ2) is 10.8. The molecule has 0 fully saturated rings. The number of aryl methyl sites for hydroxylation is 2. The van der Waals surface area contributed by atoms with E-state index in [1.807, 2.05) is 66.7 Å². The van der Waals surface area contributed by atoms with Crippen LogP contribution in [0.25, 0.3) is 0 Å². The highest BCUT2D eigenvalue weighted by molar-refractivity contribution is 5.91. The van der Waals surface area contributed by atoms with Crippen LogP contribution >= 0.6 is 0 Å². The second-order valence-electron chi connectivity index (χ2n) is 10.2. The van der Waals surface area contributed by atoms with Gasteiger partial charge in [0.05, 0.1) is 0 Å². The van der Waals surface area contributed by atoms with Gasteiger partial charge in [0.15, 0.2) is 0 Å². The van der Waals surface area contributed by atoms with E-state index >= 15 is 0 Å². The summed E-state index contributed by atoms with van der Waals surface area (Å²) in [6, 6.07) is 4.94. The predicted molar refractivity (Wildman–Crippen MR) is 127 cm³/mol. The number of carbonyl (C=O) groups is 3. The van der Waals surface area contributed by atoms with Crippen molar-refractivity contribution in [1.29, 1.82) is 0 Å². The summed E-state index contributed by atoms with van der Waals surface area (Å²) in [6.07, 6.45) is -0.0449. The molecule has 1 aromatic rings. The lowest BCUT2D eigenvalue weighted by atomic mass is 9.90. The lowest BCUT2D eigenvalue weighted by molar-refractivity contribution is -0.147. The third-order valence-corrected chi connectivity index (χ3v) is 5.23. The Kier molecular flexibility index (Phi) is 9.30. The molecule has 1 aromatic carbocycles. The number of rotatable bonds is 8. The first-order valence-corrected chi connectivity index (χ1v) is 11.3. The Morgan fingerprint density at radius 2 is 1.66 bits per heavy atom. The first-order chi connectivity index (χ1) is 14.6. The van der Waals surface area contributed by atoms with E-state index in [2.05, 4.69) is 10.6 Å². The number of hydrogen-bond acceptors (Lipinski definition) is 4. The summed E-state index contributed by atoms with van der Waals surface area (Å²) in [4.78, 5) is 40.6. The third kappa shape index (κ3) is 7.84. The zero-order chi connectivity index (χ0) is 24.9. The Morgan fingerprint density at radius 3 is 2.12 bits per heavy atom. The monoisotopic (exact) mass is 447 g/mol. The Hall–Kier alpha value is -2.57. The quantitative estimate of drug-likeness (QED) is 0.618. The molecule has 2 N–H and O–H groups in total. The third-order valence-electron chi connectivity index (χ3n) is 5.23. The van der Waals surface area contributed by atoms with Gasteiger partial charge in [0.25, 0.3) is 0 Å². The minimum atomic E-state index is -0.833. The molecule has 0 saturated carbocycles. The van der Waals surface area contributed by atoms with Crippen molar-refractivity contribution in [2.75, 3.05) is 6.54 Å². The molecule has 0 aliphatic heterocycles. The van der Waals surface area contributed by atoms with Gasteiger partial charge in [0.1, 0.15) is 18.2 Å². The van der Waals surface area contributed by atoms with Crippen molar-refractivity contribution in [3.8, 4) is 0 Å². The summed E-state index contributed by atoms with van der Waals surface area (Å²) < 4.78 is 5.26. The minimum Gasteiger partial charge on any atom is -0.444 e. The molecule has 7 nitrogen and oxygen atoms in total. The molecule has 0 saturated heterocycles. The summed E-state index contributed by atoms with van der Waals surface area (Å²) in [7, 11) is 0. The fourth-order valence-corrected chi connectivity index (χ4v) is 3.44. The van der Waals surface area contributed by atoms with Crippen molar-refractivity contribution in [2.45, 2.75) is 98.9 Å². The molecule has 1 atom stereocenters. The Labute approximate surface area is 193 Å². The maximum atomic E-state index is 13.5. The maximum absolute atomic E-state index is 13.5. The van der Waals surface area contributed by atoms with Gasteiger partial charge in [0.2, 0.25) is 11.8 Å². The fourth-order valence-electron chi connectivity index (χ4n) is 3.44. The van der Waals surface area contributed by atoms with Gasteiger partial charge in [0, 0.05) is 11.6 Å². The van der Waals surface area contributed by atoms with Gasteiger partial charge in [-0.15, -0.1) is 0 Å². The van der Waals surface area contributed by atoms with Gasteiger partial charge in [-0.05, 0) is 79.9 Å². The first kappa shape index (κ1) is 27.5. The lowest BCUT2D eigenvalue weighted by Gasteiger charge is -2.43. The molecule has 0 radical (unpaired) electrons. The fraction of sp³-hybridized carbons (Fsp3) is 0.640. The minimum absolute atomic E-state index is 0.0858. The van der Waals surface area contributed by atoms with E-state index in [0.29, 0.717) is 6.42 Å². The summed E-state index contributed by atoms with van der Waals surface area (Å²) in [5.41, 5.74) is 1.46. The number of nitrogens with one attached hydrogen (secondary N) is 2. The van der Waals surface area contributed by atoms with Crippen LogP contribution in [0.1, 0.15) is 84.5 Å². The Morgan fingerprint density at radius 1 is 1.06 bits per heavy atom. The summed E-state index contributed by atoms with van der Waals surface area (Å²) >= 11 is 0. The molecule has 1 unspecified atom stereocenters. The molecular formula is C25H41N3O4. The highest BCUT2D eigenvalue weighted by atomic mass is 16.6. The van der Waals surface area contributed by atoms with E-state index in [1.54, 1.807) is 25.7 Å². The van der Waals surface area contributed by atoms with Gasteiger partial charge in [-0.25, -0.2) is 4.79 Å². The average molecular weight is 448 g/mol. The highest BCUT2D eigenvalue weighted by Gasteiger charge is 2.40. The zero-order valence-corrected chi connectivity index (χ0v) is 21.4. The van der Waals surface area contributed by atoms with Crippen molar-refractivity contribution >= 4 is 17.9 Å². The number of amides is 3. The normalized spacial score (nSPS) is 12.8. The van der Waals surface area contributed by atoms with Crippen molar-refractivity contribution in [1.82, 2.24) is 15.5 Å². The van der Waals surface area contributed by atoms with Crippen LogP contribution in [0, 0.1) is 13.8 Å². The van der Waals surface area contributed by atoms with Gasteiger partial charge in [-0.1, -0.05) is 30.7 Å². The van der Waals surface area contributed by atoms with Gasteiger partial charge in [-0.2, -0.15) is 0 Å². The van der Waals surface area contributed by atoms with Gasteiger partial charge >= 0.3 is 6.09 Å². The molecule has 180 valence electrons. The predicted octanol–water partition coefficient (Wildman–Crippen LogP) is 4.41. The molecule has 0 spiro atoms. The number of hydrogen-bond donors (Lipinski definition) is 2. The van der Waals surface area contributed by atoms with Crippen molar-refractivity contribution in [2.24, 2.45) is 0 Å². The van der Waals surface area contributed by atoms with E-state index in [1.165, 1.54) is 0 Å². The Bertz CT molecular complexity index is 825. The molecule has 0 aromatic heterocycles. The molecular weight excluding hydrogens is 406 g/mol. The average Bonchev–Trinajstić information content (AvgIpc) is 2.62. The number of alkyl carbamates (subject to hydrolysis) is 1. The molecule has 0 heterocycles. The zero-order valence-electron chi connectivity index (χ0n) is 21.4. The van der Waals surface area contributed by atoms with Crippen LogP contribution in [-0.4, -0.2) is 46.5 Å². The van der Waals surface area contributed by atoms with Crippen LogP contribution in [0.4, 0.5) is 4.79 Å². The molecule has 32 heavy (non-hydrogen) atoms. The van der Waals surface area contributed by atoms with E-state index in [0.717, 1.165) is 16.7 Å². The van der Waals surface area contributed by atoms with E-state index in [9.17, 15) is 14.4 Å². The van der Waals surface area contributed by atoms with Crippen LogP contribution in [0.2, 0.25) is 0 Å². The second-order valence-corrected chi connectivity index (χ2v) is 10.2. The van der Waals surface area contributed by atoms with Crippen molar-refractivity contribution in [3.05, 3.63) is 34.9 Å². The molecule has 0 aliphatic carbocycles. The van der Waals surface area contributed by atoms with E-state index in [4.69, 9.17) is 4.74 Å². The highest BCUT2D eigenvalue weighted by Crippen LogP contribution is 2.33. The lowest BCUT2D eigenvalue weighted by Crippen LogP contribution is -2.56. The maximum Gasteiger partial charge on any atom is 0.408 e. The van der Waals surface area contributed by atoms with Crippen LogP contribution in [0.15, 0.2) is 18.2 Å². The van der Waals surface area contributed by atoms with E-state index < -0.39 is 23.3 Å². The van der Waals surface area contributed by atoms with Crippen molar-refractivity contribution in [3.63, 3.8) is 0 Å².